The number of carbonyl (C=O) groups excluding carboxylic acids is 1. The smallest absolute Gasteiger partial charge is 0.416 e. The van der Waals surface area contributed by atoms with Gasteiger partial charge < -0.3 is 10.1 Å². The first kappa shape index (κ1) is 29.9. The fourth-order valence-corrected chi connectivity index (χ4v) is 4.31. The summed E-state index contributed by atoms with van der Waals surface area (Å²) in [6.07, 6.45) is -3.59. The molecule has 1 heterocycles. The number of nitro benzene ring substituents is 1. The number of benzene rings is 4. The first-order valence-corrected chi connectivity index (χ1v) is 13.1. The number of aromatic nitrogens is 2. The number of anilines is 1. The van der Waals surface area contributed by atoms with E-state index in [2.05, 4.69) is 15.4 Å². The molecule has 222 valence electrons. The van der Waals surface area contributed by atoms with Crippen LogP contribution in [-0.4, -0.2) is 33.3 Å². The van der Waals surface area contributed by atoms with E-state index in [9.17, 15) is 32.9 Å². The van der Waals surface area contributed by atoms with Gasteiger partial charge in [0.25, 0.3) is 11.5 Å². The Morgan fingerprint density at radius 1 is 1.05 bits per heavy atom. The van der Waals surface area contributed by atoms with Crippen LogP contribution < -0.4 is 15.6 Å². The molecule has 44 heavy (non-hydrogen) atoms. The van der Waals surface area contributed by atoms with E-state index in [0.717, 1.165) is 29.1 Å². The van der Waals surface area contributed by atoms with Crippen LogP contribution in [0.3, 0.4) is 0 Å². The van der Waals surface area contributed by atoms with Gasteiger partial charge in [-0.1, -0.05) is 41.9 Å². The number of hydrogen-bond donors (Lipinski definition) is 1. The summed E-state index contributed by atoms with van der Waals surface area (Å²) in [4.78, 5) is 41.4. The number of nitrogens with zero attached hydrogens (tertiary/aromatic N) is 4. The Labute approximate surface area is 251 Å². The first-order valence-electron chi connectivity index (χ1n) is 12.7. The molecule has 0 unspecified atom stereocenters. The molecular formula is C30H19ClF3N5O5. The van der Waals surface area contributed by atoms with Crippen LogP contribution >= 0.6 is 11.6 Å². The maximum Gasteiger partial charge on any atom is 0.416 e. The van der Waals surface area contributed by atoms with Gasteiger partial charge >= 0.3 is 11.9 Å². The van der Waals surface area contributed by atoms with Crippen molar-refractivity contribution in [3.63, 3.8) is 0 Å². The van der Waals surface area contributed by atoms with E-state index in [1.807, 2.05) is 0 Å². The van der Waals surface area contributed by atoms with E-state index >= 15 is 0 Å². The highest BCUT2D eigenvalue weighted by atomic mass is 35.5. The number of carbonyl (C=O) groups is 1. The van der Waals surface area contributed by atoms with Crippen LogP contribution in [0.1, 0.15) is 11.1 Å². The van der Waals surface area contributed by atoms with Crippen molar-refractivity contribution >= 4 is 46.0 Å². The predicted molar refractivity (Wildman–Crippen MR) is 158 cm³/mol. The second-order valence-electron chi connectivity index (χ2n) is 9.19. The van der Waals surface area contributed by atoms with Gasteiger partial charge in [-0.3, -0.25) is 19.7 Å². The van der Waals surface area contributed by atoms with Gasteiger partial charge in [-0.2, -0.15) is 22.9 Å². The van der Waals surface area contributed by atoms with E-state index in [1.54, 1.807) is 36.4 Å². The molecular weight excluding hydrogens is 603 g/mol. The van der Waals surface area contributed by atoms with Crippen molar-refractivity contribution in [2.24, 2.45) is 5.10 Å². The minimum atomic E-state index is -4.66. The van der Waals surface area contributed by atoms with Crippen LogP contribution in [-0.2, 0) is 11.0 Å². The average Bonchev–Trinajstić information content (AvgIpc) is 3.00. The fourth-order valence-electron chi connectivity index (χ4n) is 4.19. The van der Waals surface area contributed by atoms with Gasteiger partial charge in [0.15, 0.2) is 12.4 Å². The Balaban J connectivity index is 1.55. The summed E-state index contributed by atoms with van der Waals surface area (Å²) in [5.74, 6) is -1.16. The molecule has 0 aliphatic rings. The SMILES string of the molecule is O=C(COc1c(C=Nn2c(-c3cccc(C(F)(F)F)c3)nc3ccccc3c2=O)cccc1[N+](=O)[O-])Nc1ccc(Cl)cc1. The molecule has 0 saturated heterocycles. The zero-order valence-electron chi connectivity index (χ0n) is 22.3. The van der Waals surface area contributed by atoms with Crippen LogP contribution in [0.4, 0.5) is 24.5 Å². The first-order chi connectivity index (χ1) is 21.0. The highest BCUT2D eigenvalue weighted by Crippen LogP contribution is 2.33. The molecule has 1 amide bonds. The quantitative estimate of drug-likeness (QED) is 0.119. The summed E-state index contributed by atoms with van der Waals surface area (Å²) in [6.45, 7) is -0.624. The molecule has 0 radical (unpaired) electrons. The van der Waals surface area contributed by atoms with E-state index in [-0.39, 0.29) is 33.6 Å². The van der Waals surface area contributed by atoms with Crippen molar-refractivity contribution in [2.45, 2.75) is 6.18 Å². The summed E-state index contributed by atoms with van der Waals surface area (Å²) in [5.41, 5.74) is -1.55. The van der Waals surface area contributed by atoms with Gasteiger partial charge in [-0.25, -0.2) is 4.98 Å². The van der Waals surface area contributed by atoms with Gasteiger partial charge in [0.1, 0.15) is 0 Å². The van der Waals surface area contributed by atoms with Gasteiger partial charge in [-0.15, -0.1) is 0 Å². The maximum absolute atomic E-state index is 13.5. The molecule has 0 saturated carbocycles. The van der Waals surface area contributed by atoms with Crippen molar-refractivity contribution in [1.29, 1.82) is 0 Å². The van der Waals surface area contributed by atoms with Crippen LogP contribution in [0.15, 0.2) is 101 Å². The molecule has 0 atom stereocenters. The summed E-state index contributed by atoms with van der Waals surface area (Å²) in [6, 6.07) is 20.6. The minimum Gasteiger partial charge on any atom is -0.476 e. The molecule has 0 aliphatic carbocycles. The standard InChI is InChI=1S/C30H19ClF3N5O5/c31-21-11-13-22(14-12-21)36-26(40)17-44-27-19(6-4-10-25(27)39(42)43)16-35-38-28(18-5-3-7-20(15-18)30(32,33)34)37-24-9-2-1-8-23(24)29(38)41/h1-16H,17H2,(H,36,40). The maximum atomic E-state index is 13.5. The van der Waals surface area contributed by atoms with Gasteiger partial charge in [0.2, 0.25) is 5.75 Å². The molecule has 0 bridgehead atoms. The number of amides is 1. The molecule has 0 aliphatic heterocycles. The molecule has 4 aromatic carbocycles. The number of para-hydroxylation sites is 2. The topological polar surface area (TPSA) is 129 Å². The lowest BCUT2D eigenvalue weighted by molar-refractivity contribution is -0.385. The Kier molecular flexibility index (Phi) is 8.40. The Hall–Kier alpha value is -5.56. The Morgan fingerprint density at radius 3 is 2.50 bits per heavy atom. The number of rotatable bonds is 8. The minimum absolute atomic E-state index is 0.00791. The molecule has 5 rings (SSSR count). The number of ether oxygens (including phenoxy) is 1. The molecule has 5 aromatic rings. The highest BCUT2D eigenvalue weighted by molar-refractivity contribution is 6.30. The van der Waals surface area contributed by atoms with Crippen molar-refractivity contribution in [3.8, 4) is 17.1 Å². The largest absolute Gasteiger partial charge is 0.476 e. The zero-order chi connectivity index (χ0) is 31.4. The number of nitro groups is 1. The third-order valence-electron chi connectivity index (χ3n) is 6.21. The summed E-state index contributed by atoms with van der Waals surface area (Å²) >= 11 is 5.85. The zero-order valence-corrected chi connectivity index (χ0v) is 23.0. The molecule has 14 heteroatoms. The Bertz CT molecular complexity index is 1980. The van der Waals surface area contributed by atoms with Crippen molar-refractivity contribution < 1.29 is 27.6 Å². The van der Waals surface area contributed by atoms with Crippen LogP contribution in [0, 0.1) is 10.1 Å². The lowest BCUT2D eigenvalue weighted by Gasteiger charge is -2.12. The highest BCUT2D eigenvalue weighted by Gasteiger charge is 2.31. The van der Waals surface area contributed by atoms with Crippen molar-refractivity contribution in [3.05, 3.63) is 128 Å². The van der Waals surface area contributed by atoms with Crippen LogP contribution in [0.25, 0.3) is 22.3 Å². The van der Waals surface area contributed by atoms with E-state index in [1.165, 1.54) is 36.4 Å². The molecule has 1 N–H and O–H groups in total. The summed E-state index contributed by atoms with van der Waals surface area (Å²) in [5, 5.41) is 19.1. The lowest BCUT2D eigenvalue weighted by Crippen LogP contribution is -2.21. The van der Waals surface area contributed by atoms with Gasteiger partial charge in [0.05, 0.1) is 27.6 Å². The third-order valence-corrected chi connectivity index (χ3v) is 6.46. The number of nitrogens with one attached hydrogen (secondary N) is 1. The van der Waals surface area contributed by atoms with Gasteiger partial charge in [0, 0.05) is 27.9 Å². The fraction of sp³-hybridized carbons (Fsp3) is 0.0667. The van der Waals surface area contributed by atoms with E-state index in [0.29, 0.717) is 10.7 Å². The second-order valence-corrected chi connectivity index (χ2v) is 9.63. The normalized spacial score (nSPS) is 11.5. The predicted octanol–water partition coefficient (Wildman–Crippen LogP) is 6.54. The summed E-state index contributed by atoms with van der Waals surface area (Å²) in [7, 11) is 0. The summed E-state index contributed by atoms with van der Waals surface area (Å²) < 4.78 is 46.8. The second kappa shape index (κ2) is 12.4. The molecule has 0 spiro atoms. The number of hydrogen-bond acceptors (Lipinski definition) is 7. The number of fused-ring (bicyclic) bond motifs is 1. The molecule has 10 nitrogen and oxygen atoms in total. The molecule has 1 aromatic heterocycles. The van der Waals surface area contributed by atoms with E-state index < -0.39 is 40.4 Å². The average molecular weight is 622 g/mol. The third kappa shape index (κ3) is 6.57. The number of halogens is 4. The van der Waals surface area contributed by atoms with Crippen molar-refractivity contribution in [1.82, 2.24) is 9.66 Å². The molecule has 0 fully saturated rings. The monoisotopic (exact) mass is 621 g/mol. The van der Waals surface area contributed by atoms with Crippen LogP contribution in [0.2, 0.25) is 5.02 Å². The van der Waals surface area contributed by atoms with Crippen LogP contribution in [0.5, 0.6) is 5.75 Å². The lowest BCUT2D eigenvalue weighted by atomic mass is 10.1. The van der Waals surface area contributed by atoms with Gasteiger partial charge in [-0.05, 0) is 54.6 Å². The van der Waals surface area contributed by atoms with E-state index in [4.69, 9.17) is 16.3 Å². The van der Waals surface area contributed by atoms with Crippen molar-refractivity contribution in [2.75, 3.05) is 11.9 Å². The number of alkyl halides is 3. The Morgan fingerprint density at radius 2 is 1.77 bits per heavy atom.